The van der Waals surface area contributed by atoms with E-state index in [1.54, 1.807) is 11.0 Å². The predicted molar refractivity (Wildman–Crippen MR) is 159 cm³/mol. The standard InChI is InChI=1S/C26H33BrClFN6O3.C2H6/c1-5-16-14-33(24(36)38-25(2,3)4)12-13-35(16)22-17-19(18(29)21(28)31-20(17)27)30-23(32-22)37-15-26-8-6-10-34(26)11-7-9-26;1-2/h5,16H,1,6-15H2,2-4H3;1-2H3/t16-;/m1./s1. The Morgan fingerprint density at radius 3 is 2.48 bits per heavy atom. The highest BCUT2D eigenvalue weighted by Crippen LogP contribution is 2.40. The number of piperazine rings is 1. The zero-order chi connectivity index (χ0) is 29.2. The quantitative estimate of drug-likeness (QED) is 0.281. The van der Waals surface area contributed by atoms with Crippen molar-refractivity contribution in [3.05, 3.63) is 28.2 Å². The molecular weight excluding hydrogens is 603 g/mol. The smallest absolute Gasteiger partial charge is 0.410 e. The number of halogens is 3. The highest BCUT2D eigenvalue weighted by Gasteiger charge is 2.45. The lowest BCUT2D eigenvalue weighted by Crippen LogP contribution is -2.55. The minimum atomic E-state index is -0.734. The number of carbonyl (C=O) groups excluding carboxylic acids is 1. The van der Waals surface area contributed by atoms with E-state index in [9.17, 15) is 4.79 Å². The molecular formula is C28H39BrClFN6O3. The molecule has 0 saturated carbocycles. The molecule has 0 bridgehead atoms. The number of ether oxygens (including phenoxy) is 2. The number of hydrogen-bond acceptors (Lipinski definition) is 8. The molecule has 3 saturated heterocycles. The average molecular weight is 642 g/mol. The SMILES string of the molecule is C=C[C@@H]1CN(C(=O)OC(C)(C)C)CCN1c1nc(OCC23CCCN2CCC3)nc2c(F)c(Cl)nc(Br)c12.CC. The molecule has 0 spiro atoms. The second-order valence-electron chi connectivity index (χ2n) is 11.2. The van der Waals surface area contributed by atoms with Gasteiger partial charge in [0.15, 0.2) is 11.0 Å². The molecule has 3 aliphatic heterocycles. The van der Waals surface area contributed by atoms with Crippen LogP contribution < -0.4 is 9.64 Å². The predicted octanol–water partition coefficient (Wildman–Crippen LogP) is 6.22. The van der Waals surface area contributed by atoms with Crippen molar-refractivity contribution < 1.29 is 18.7 Å². The van der Waals surface area contributed by atoms with Crippen LogP contribution in [0.25, 0.3) is 10.9 Å². The van der Waals surface area contributed by atoms with Gasteiger partial charge in [-0.2, -0.15) is 9.97 Å². The zero-order valence-electron chi connectivity index (χ0n) is 24.0. The van der Waals surface area contributed by atoms with Crippen molar-refractivity contribution in [1.82, 2.24) is 24.8 Å². The van der Waals surface area contributed by atoms with Crippen molar-refractivity contribution >= 4 is 50.3 Å². The Morgan fingerprint density at radius 2 is 1.85 bits per heavy atom. The maximum Gasteiger partial charge on any atom is 0.410 e. The highest BCUT2D eigenvalue weighted by atomic mass is 79.9. The number of fused-ring (bicyclic) bond motifs is 2. The lowest BCUT2D eigenvalue weighted by Gasteiger charge is -2.41. The van der Waals surface area contributed by atoms with Gasteiger partial charge in [0, 0.05) is 19.6 Å². The number of pyridine rings is 1. The van der Waals surface area contributed by atoms with Gasteiger partial charge in [0.1, 0.15) is 28.1 Å². The summed E-state index contributed by atoms with van der Waals surface area (Å²) in [5.74, 6) is -0.289. The van der Waals surface area contributed by atoms with Gasteiger partial charge in [-0.3, -0.25) is 4.90 Å². The number of hydrogen-bond donors (Lipinski definition) is 0. The van der Waals surface area contributed by atoms with Crippen LogP contribution in [0.2, 0.25) is 5.15 Å². The van der Waals surface area contributed by atoms with E-state index < -0.39 is 17.5 Å². The van der Waals surface area contributed by atoms with E-state index in [0.717, 1.165) is 38.8 Å². The van der Waals surface area contributed by atoms with E-state index in [0.29, 0.717) is 42.0 Å². The molecule has 0 aliphatic carbocycles. The van der Waals surface area contributed by atoms with Crippen LogP contribution in [-0.2, 0) is 4.74 Å². The van der Waals surface area contributed by atoms with Crippen LogP contribution in [0.1, 0.15) is 60.3 Å². The molecule has 5 rings (SSSR count). The van der Waals surface area contributed by atoms with E-state index >= 15 is 4.39 Å². The normalized spacial score (nSPS) is 20.6. The average Bonchev–Trinajstić information content (AvgIpc) is 3.50. The maximum absolute atomic E-state index is 15.3. The second kappa shape index (κ2) is 12.3. The summed E-state index contributed by atoms with van der Waals surface area (Å²) < 4.78 is 27.4. The lowest BCUT2D eigenvalue weighted by atomic mass is 9.95. The molecule has 40 heavy (non-hydrogen) atoms. The van der Waals surface area contributed by atoms with Crippen LogP contribution in [0, 0.1) is 5.82 Å². The Hall–Kier alpha value is -2.24. The van der Waals surface area contributed by atoms with Crippen molar-refractivity contribution in [1.29, 1.82) is 0 Å². The molecule has 1 atom stereocenters. The van der Waals surface area contributed by atoms with Crippen molar-refractivity contribution in [3.63, 3.8) is 0 Å². The third kappa shape index (κ3) is 6.16. The van der Waals surface area contributed by atoms with Crippen LogP contribution in [0.15, 0.2) is 17.3 Å². The minimum Gasteiger partial charge on any atom is -0.461 e. The maximum atomic E-state index is 15.3. The minimum absolute atomic E-state index is 0.0177. The Kier molecular flexibility index (Phi) is 9.46. The van der Waals surface area contributed by atoms with Crippen molar-refractivity contribution in [3.8, 4) is 6.01 Å². The monoisotopic (exact) mass is 640 g/mol. The number of nitrogens with zero attached hydrogens (tertiary/aromatic N) is 6. The van der Waals surface area contributed by atoms with Crippen molar-refractivity contribution in [2.24, 2.45) is 0 Å². The Balaban J connectivity index is 0.00000181. The van der Waals surface area contributed by atoms with Gasteiger partial charge >= 0.3 is 12.1 Å². The Labute approximate surface area is 249 Å². The molecule has 1 amide bonds. The van der Waals surface area contributed by atoms with Crippen LogP contribution in [0.3, 0.4) is 0 Å². The molecule has 9 nitrogen and oxygen atoms in total. The summed E-state index contributed by atoms with van der Waals surface area (Å²) in [6, 6.07) is -0.224. The van der Waals surface area contributed by atoms with Crippen LogP contribution in [0.5, 0.6) is 6.01 Å². The molecule has 0 radical (unpaired) electrons. The lowest BCUT2D eigenvalue weighted by molar-refractivity contribution is 0.0225. The molecule has 0 N–H and O–H groups in total. The molecule has 12 heteroatoms. The first-order chi connectivity index (χ1) is 19.0. The third-order valence-corrected chi connectivity index (χ3v) is 8.38. The number of anilines is 1. The van der Waals surface area contributed by atoms with E-state index in [-0.39, 0.29) is 28.3 Å². The molecule has 5 heterocycles. The fourth-order valence-corrected chi connectivity index (χ4v) is 6.58. The fourth-order valence-electron chi connectivity index (χ4n) is 5.77. The fraction of sp³-hybridized carbons (Fsp3) is 0.643. The first kappa shape index (κ1) is 30.7. The summed E-state index contributed by atoms with van der Waals surface area (Å²) in [5.41, 5.74) is -0.592. The third-order valence-electron chi connectivity index (χ3n) is 7.56. The van der Waals surface area contributed by atoms with Gasteiger partial charge in [-0.25, -0.2) is 14.2 Å². The topological polar surface area (TPSA) is 83.9 Å². The van der Waals surface area contributed by atoms with E-state index in [1.807, 2.05) is 39.5 Å². The largest absolute Gasteiger partial charge is 0.461 e. The summed E-state index contributed by atoms with van der Waals surface area (Å²) in [6.45, 7) is 17.2. The number of aromatic nitrogens is 3. The molecule has 0 aromatic carbocycles. The highest BCUT2D eigenvalue weighted by molar-refractivity contribution is 9.10. The van der Waals surface area contributed by atoms with Crippen LogP contribution >= 0.6 is 27.5 Å². The first-order valence-corrected chi connectivity index (χ1v) is 15.2. The van der Waals surface area contributed by atoms with Gasteiger partial charge in [-0.05, 0) is 75.5 Å². The summed E-state index contributed by atoms with van der Waals surface area (Å²) in [7, 11) is 0. The number of rotatable bonds is 5. The molecule has 3 aliphatic rings. The molecule has 0 unspecified atom stereocenters. The summed E-state index contributed by atoms with van der Waals surface area (Å²) in [6.07, 6.45) is 5.76. The number of amides is 1. The molecule has 2 aromatic rings. The summed E-state index contributed by atoms with van der Waals surface area (Å²) in [4.78, 5) is 32.2. The second-order valence-corrected chi connectivity index (χ2v) is 12.3. The van der Waals surface area contributed by atoms with Gasteiger partial charge in [0.25, 0.3) is 0 Å². The summed E-state index contributed by atoms with van der Waals surface area (Å²) >= 11 is 9.52. The van der Waals surface area contributed by atoms with Gasteiger partial charge in [0.05, 0.1) is 17.0 Å². The van der Waals surface area contributed by atoms with Gasteiger partial charge < -0.3 is 19.3 Å². The van der Waals surface area contributed by atoms with E-state index in [1.165, 1.54) is 0 Å². The van der Waals surface area contributed by atoms with Gasteiger partial charge in [-0.1, -0.05) is 31.5 Å². The van der Waals surface area contributed by atoms with Gasteiger partial charge in [0.2, 0.25) is 0 Å². The molecule has 2 aromatic heterocycles. The van der Waals surface area contributed by atoms with E-state index in [2.05, 4.69) is 37.4 Å². The van der Waals surface area contributed by atoms with Crippen LogP contribution in [0.4, 0.5) is 15.0 Å². The first-order valence-electron chi connectivity index (χ1n) is 14.0. The summed E-state index contributed by atoms with van der Waals surface area (Å²) in [5, 5.41) is 0.102. The Morgan fingerprint density at radius 1 is 1.18 bits per heavy atom. The Bertz CT molecular complexity index is 1250. The van der Waals surface area contributed by atoms with E-state index in [4.69, 9.17) is 26.1 Å². The zero-order valence-corrected chi connectivity index (χ0v) is 26.3. The number of carbonyl (C=O) groups is 1. The van der Waals surface area contributed by atoms with Gasteiger partial charge in [-0.15, -0.1) is 6.58 Å². The van der Waals surface area contributed by atoms with Crippen molar-refractivity contribution in [2.45, 2.75) is 77.5 Å². The molecule has 3 fully saturated rings. The van der Waals surface area contributed by atoms with Crippen LogP contribution in [-0.4, -0.2) is 87.4 Å². The van der Waals surface area contributed by atoms with Crippen molar-refractivity contribution in [2.75, 3.05) is 44.2 Å². The molecule has 220 valence electrons.